The van der Waals surface area contributed by atoms with Crippen LogP contribution in [0.15, 0.2) is 34.9 Å². The van der Waals surface area contributed by atoms with Crippen molar-refractivity contribution in [3.8, 4) is 0 Å². The Morgan fingerprint density at radius 1 is 1.32 bits per heavy atom. The highest BCUT2D eigenvalue weighted by atomic mass is 35.5. The zero-order chi connectivity index (χ0) is 14.3. The average molecular weight is 299 g/mol. The number of carbonyl (C=O) groups is 1. The number of nitrogens with one attached hydrogen (secondary N) is 1. The molecule has 1 aromatic carbocycles. The van der Waals surface area contributed by atoms with E-state index in [0.29, 0.717) is 13.1 Å². The predicted octanol–water partition coefficient (Wildman–Crippen LogP) is 2.94. The van der Waals surface area contributed by atoms with Gasteiger partial charge in [0.2, 0.25) is 0 Å². The van der Waals surface area contributed by atoms with Crippen LogP contribution in [0, 0.1) is 0 Å². The van der Waals surface area contributed by atoms with E-state index in [0.717, 1.165) is 26.9 Å². The van der Waals surface area contributed by atoms with Gasteiger partial charge in [-0.3, -0.25) is 4.79 Å². The number of halogens is 1. The summed E-state index contributed by atoms with van der Waals surface area (Å²) in [7, 11) is 0. The summed E-state index contributed by atoms with van der Waals surface area (Å²) in [5.41, 5.74) is 7.47. The van der Waals surface area contributed by atoms with Crippen LogP contribution in [0.5, 0.6) is 0 Å². The van der Waals surface area contributed by atoms with E-state index in [1.165, 1.54) is 11.8 Å². The van der Waals surface area contributed by atoms with E-state index in [1.54, 1.807) is 6.92 Å². The van der Waals surface area contributed by atoms with Gasteiger partial charge in [-0.15, -0.1) is 11.8 Å². The first-order valence-electron chi connectivity index (χ1n) is 6.07. The molecular weight excluding hydrogens is 280 g/mol. The third-order valence-corrected chi connectivity index (χ3v) is 4.10. The number of hydrogen-bond donors (Lipinski definition) is 2. The topological polar surface area (TPSA) is 55.1 Å². The number of allylic oxidation sites excluding steroid dienone is 2. The Kier molecular flexibility index (Phi) is 6.99. The minimum atomic E-state index is 0.0704. The number of Topliss-reactive ketones (excluding diaryl/α,β-unsaturated/α-hetero) is 1. The molecule has 0 aromatic heterocycles. The standard InChI is InChI=1S/C14H19ClN2OS/c1-10(17-8-7-16)14(11(2)18)19-9-12-3-5-13(15)6-4-12/h3-6,17H,7-9,16H2,1-2H3/b14-10-. The Morgan fingerprint density at radius 2 is 1.95 bits per heavy atom. The van der Waals surface area contributed by atoms with E-state index in [1.807, 2.05) is 31.2 Å². The molecule has 1 rings (SSSR count). The lowest BCUT2D eigenvalue weighted by molar-refractivity contribution is -0.113. The van der Waals surface area contributed by atoms with E-state index in [2.05, 4.69) is 5.32 Å². The van der Waals surface area contributed by atoms with Crippen molar-refractivity contribution < 1.29 is 4.79 Å². The summed E-state index contributed by atoms with van der Waals surface area (Å²) in [4.78, 5) is 12.4. The lowest BCUT2D eigenvalue weighted by Crippen LogP contribution is -2.22. The molecule has 0 heterocycles. The summed E-state index contributed by atoms with van der Waals surface area (Å²) < 4.78 is 0. The van der Waals surface area contributed by atoms with Gasteiger partial charge in [-0.1, -0.05) is 23.7 Å². The molecule has 19 heavy (non-hydrogen) atoms. The van der Waals surface area contributed by atoms with Crippen LogP contribution in [0.4, 0.5) is 0 Å². The van der Waals surface area contributed by atoms with Gasteiger partial charge < -0.3 is 11.1 Å². The summed E-state index contributed by atoms with van der Waals surface area (Å²) in [5, 5.41) is 3.87. The number of benzene rings is 1. The Bertz CT molecular complexity index is 457. The number of thioether (sulfide) groups is 1. The first-order valence-corrected chi connectivity index (χ1v) is 7.44. The third-order valence-electron chi connectivity index (χ3n) is 2.49. The van der Waals surface area contributed by atoms with E-state index in [9.17, 15) is 4.79 Å². The fraction of sp³-hybridized carbons (Fsp3) is 0.357. The maximum absolute atomic E-state index is 11.7. The van der Waals surface area contributed by atoms with Crippen LogP contribution in [0.3, 0.4) is 0 Å². The SMILES string of the molecule is CC(=O)/C(SCc1ccc(Cl)cc1)=C(\C)NCCN. The van der Waals surface area contributed by atoms with Crippen LogP contribution in [0.2, 0.25) is 5.02 Å². The summed E-state index contributed by atoms with van der Waals surface area (Å²) in [6.07, 6.45) is 0. The zero-order valence-corrected chi connectivity index (χ0v) is 12.8. The van der Waals surface area contributed by atoms with Gasteiger partial charge in [-0.05, 0) is 31.5 Å². The summed E-state index contributed by atoms with van der Waals surface area (Å²) in [6.45, 7) is 4.70. The molecule has 3 N–H and O–H groups in total. The first-order chi connectivity index (χ1) is 9.04. The van der Waals surface area contributed by atoms with Crippen molar-refractivity contribution in [1.29, 1.82) is 0 Å². The Labute approximate surface area is 123 Å². The molecule has 0 amide bonds. The normalized spacial score (nSPS) is 12.0. The van der Waals surface area contributed by atoms with Gasteiger partial charge >= 0.3 is 0 Å². The molecule has 5 heteroatoms. The fourth-order valence-electron chi connectivity index (χ4n) is 1.55. The van der Waals surface area contributed by atoms with Crippen molar-refractivity contribution in [1.82, 2.24) is 5.32 Å². The molecule has 0 aliphatic heterocycles. The molecule has 0 radical (unpaired) electrons. The highest BCUT2D eigenvalue weighted by Crippen LogP contribution is 2.25. The van der Waals surface area contributed by atoms with Gasteiger partial charge in [0.05, 0.1) is 4.91 Å². The van der Waals surface area contributed by atoms with Crippen LogP contribution >= 0.6 is 23.4 Å². The molecule has 0 saturated heterocycles. The van der Waals surface area contributed by atoms with Gasteiger partial charge in [0.25, 0.3) is 0 Å². The number of ketones is 1. The first kappa shape index (κ1) is 16.1. The summed E-state index contributed by atoms with van der Waals surface area (Å²) in [6, 6.07) is 7.65. The van der Waals surface area contributed by atoms with Gasteiger partial charge in [0, 0.05) is 29.6 Å². The second kappa shape index (κ2) is 8.25. The van der Waals surface area contributed by atoms with Gasteiger partial charge in [-0.2, -0.15) is 0 Å². The maximum Gasteiger partial charge on any atom is 0.167 e. The average Bonchev–Trinajstić information content (AvgIpc) is 2.38. The monoisotopic (exact) mass is 298 g/mol. The van der Waals surface area contributed by atoms with Crippen LogP contribution in [0.1, 0.15) is 19.4 Å². The van der Waals surface area contributed by atoms with Crippen molar-refractivity contribution in [2.45, 2.75) is 19.6 Å². The second-order valence-electron chi connectivity index (χ2n) is 4.14. The minimum Gasteiger partial charge on any atom is -0.386 e. The van der Waals surface area contributed by atoms with Crippen LogP contribution < -0.4 is 11.1 Å². The number of rotatable bonds is 7. The highest BCUT2D eigenvalue weighted by molar-refractivity contribution is 8.03. The van der Waals surface area contributed by atoms with Gasteiger partial charge in [-0.25, -0.2) is 0 Å². The van der Waals surface area contributed by atoms with E-state index in [-0.39, 0.29) is 5.78 Å². The van der Waals surface area contributed by atoms with Crippen molar-refractivity contribution in [3.05, 3.63) is 45.5 Å². The zero-order valence-electron chi connectivity index (χ0n) is 11.2. The lowest BCUT2D eigenvalue weighted by Gasteiger charge is -2.11. The second-order valence-corrected chi connectivity index (χ2v) is 5.56. The number of hydrogen-bond acceptors (Lipinski definition) is 4. The van der Waals surface area contributed by atoms with E-state index < -0.39 is 0 Å². The van der Waals surface area contributed by atoms with Crippen LogP contribution in [-0.4, -0.2) is 18.9 Å². The van der Waals surface area contributed by atoms with Crippen LogP contribution in [-0.2, 0) is 10.5 Å². The number of carbonyl (C=O) groups excluding carboxylic acids is 1. The third kappa shape index (κ3) is 5.68. The van der Waals surface area contributed by atoms with Crippen molar-refractivity contribution in [3.63, 3.8) is 0 Å². The molecule has 0 fully saturated rings. The summed E-state index contributed by atoms with van der Waals surface area (Å²) in [5.74, 6) is 0.814. The molecule has 0 aliphatic carbocycles. The molecule has 0 atom stereocenters. The van der Waals surface area contributed by atoms with Crippen molar-refractivity contribution >= 4 is 29.1 Å². The largest absolute Gasteiger partial charge is 0.386 e. The molecule has 0 saturated carbocycles. The molecule has 104 valence electrons. The van der Waals surface area contributed by atoms with Crippen molar-refractivity contribution in [2.75, 3.05) is 13.1 Å². The smallest absolute Gasteiger partial charge is 0.167 e. The fourth-order valence-corrected chi connectivity index (χ4v) is 2.67. The number of nitrogens with two attached hydrogens (primary N) is 1. The molecule has 0 aliphatic rings. The van der Waals surface area contributed by atoms with Crippen LogP contribution in [0.25, 0.3) is 0 Å². The molecule has 0 bridgehead atoms. The highest BCUT2D eigenvalue weighted by Gasteiger charge is 2.09. The maximum atomic E-state index is 11.7. The summed E-state index contributed by atoms with van der Waals surface area (Å²) >= 11 is 7.37. The van der Waals surface area contributed by atoms with Gasteiger partial charge in [0.1, 0.15) is 0 Å². The minimum absolute atomic E-state index is 0.0704. The molecule has 0 unspecified atom stereocenters. The van der Waals surface area contributed by atoms with Gasteiger partial charge in [0.15, 0.2) is 5.78 Å². The van der Waals surface area contributed by atoms with Crippen molar-refractivity contribution in [2.24, 2.45) is 5.73 Å². The predicted molar refractivity (Wildman–Crippen MR) is 83.2 cm³/mol. The molecule has 0 spiro atoms. The Morgan fingerprint density at radius 3 is 2.47 bits per heavy atom. The molecule has 1 aromatic rings. The Balaban J connectivity index is 2.69. The molecule has 3 nitrogen and oxygen atoms in total. The lowest BCUT2D eigenvalue weighted by atomic mass is 10.2. The van der Waals surface area contributed by atoms with E-state index in [4.69, 9.17) is 17.3 Å². The molecular formula is C14H19ClN2OS. The Hall–Kier alpha value is -0.970. The van der Waals surface area contributed by atoms with E-state index >= 15 is 0 Å². The quantitative estimate of drug-likeness (QED) is 0.760.